The number of ether oxygens (including phenoxy) is 1. The number of hydrogen-bond acceptors (Lipinski definition) is 3. The predicted octanol–water partition coefficient (Wildman–Crippen LogP) is 3.71. The average molecular weight is 364 g/mol. The number of amides is 1. The molecule has 4 heterocycles. The van der Waals surface area contributed by atoms with Crippen LogP contribution < -0.4 is 0 Å². The van der Waals surface area contributed by atoms with Crippen molar-refractivity contribution in [1.29, 1.82) is 0 Å². The summed E-state index contributed by atoms with van der Waals surface area (Å²) in [7, 11) is 0. The highest BCUT2D eigenvalue weighted by molar-refractivity contribution is 5.85. The lowest BCUT2D eigenvalue weighted by Crippen LogP contribution is -2.35. The topological polar surface area (TPSA) is 47.4 Å². The summed E-state index contributed by atoms with van der Waals surface area (Å²) in [5, 5.41) is 1.09. The molecule has 1 amide bonds. The Balaban J connectivity index is 0.00000182. The Hall–Kier alpha value is -1.59. The quantitative estimate of drug-likeness (QED) is 0.835. The lowest BCUT2D eigenvalue weighted by molar-refractivity contribution is -0.131. The van der Waals surface area contributed by atoms with Gasteiger partial charge in [0.15, 0.2) is 0 Å². The third-order valence-corrected chi connectivity index (χ3v) is 5.20. The molecule has 4 rings (SSSR count). The fourth-order valence-corrected chi connectivity index (χ4v) is 3.91. The summed E-state index contributed by atoms with van der Waals surface area (Å²) in [5.41, 5.74) is 2.00. The number of pyridine rings is 1. The maximum absolute atomic E-state index is 12.9. The molecule has 0 spiro atoms. The summed E-state index contributed by atoms with van der Waals surface area (Å²) in [4.78, 5) is 19.4. The monoisotopic (exact) mass is 363 g/mol. The second kappa shape index (κ2) is 8.19. The van der Waals surface area contributed by atoms with E-state index in [1.54, 1.807) is 6.20 Å². The van der Waals surface area contributed by atoms with Crippen LogP contribution in [0.25, 0.3) is 11.0 Å². The Labute approximate surface area is 154 Å². The fraction of sp³-hybridized carbons (Fsp3) is 0.579. The summed E-state index contributed by atoms with van der Waals surface area (Å²) in [6.45, 7) is 2.96. The van der Waals surface area contributed by atoms with E-state index in [4.69, 9.17) is 4.74 Å². The van der Waals surface area contributed by atoms with E-state index in [0.717, 1.165) is 62.1 Å². The molecule has 2 aliphatic rings. The van der Waals surface area contributed by atoms with E-state index >= 15 is 0 Å². The largest absolute Gasteiger partial charge is 0.372 e. The molecule has 2 aromatic heterocycles. The van der Waals surface area contributed by atoms with E-state index < -0.39 is 0 Å². The molecule has 0 aliphatic carbocycles. The summed E-state index contributed by atoms with van der Waals surface area (Å²) in [5.74, 6) is 0.208. The number of likely N-dealkylation sites (tertiary alicyclic amines) is 1. The Morgan fingerprint density at radius 3 is 2.72 bits per heavy atom. The smallest absolute Gasteiger partial charge is 0.242 e. The van der Waals surface area contributed by atoms with Gasteiger partial charge in [0.1, 0.15) is 12.2 Å². The molecule has 6 heteroatoms. The Morgan fingerprint density at radius 2 is 2.00 bits per heavy atom. The Kier molecular flexibility index (Phi) is 5.97. The molecule has 0 bridgehead atoms. The van der Waals surface area contributed by atoms with Crippen molar-refractivity contribution in [2.24, 2.45) is 0 Å². The standard InChI is InChI=1S/C19H25N3O2.ClH/c23-18(21-10-3-1-2-4-11-21)14-22-16(17-8-6-12-24-17)13-15-7-5-9-20-19(15)22;/h5,7,9,13,17H,1-4,6,8,10-12,14H2;1H/t17-;/m1./s1. The van der Waals surface area contributed by atoms with Crippen LogP contribution in [0.2, 0.25) is 0 Å². The van der Waals surface area contributed by atoms with Gasteiger partial charge in [0, 0.05) is 37.0 Å². The first-order valence-electron chi connectivity index (χ1n) is 9.16. The van der Waals surface area contributed by atoms with E-state index in [1.807, 2.05) is 11.0 Å². The number of carbonyl (C=O) groups is 1. The highest BCUT2D eigenvalue weighted by Crippen LogP contribution is 2.32. The van der Waals surface area contributed by atoms with Gasteiger partial charge in [-0.2, -0.15) is 0 Å². The highest BCUT2D eigenvalue weighted by Gasteiger charge is 2.25. The highest BCUT2D eigenvalue weighted by atomic mass is 35.5. The van der Waals surface area contributed by atoms with E-state index in [0.29, 0.717) is 6.54 Å². The minimum Gasteiger partial charge on any atom is -0.372 e. The number of fused-ring (bicyclic) bond motifs is 1. The maximum Gasteiger partial charge on any atom is 0.242 e. The van der Waals surface area contributed by atoms with Crippen LogP contribution >= 0.6 is 12.4 Å². The summed E-state index contributed by atoms with van der Waals surface area (Å²) in [6, 6.07) is 6.16. The van der Waals surface area contributed by atoms with Crippen molar-refractivity contribution >= 4 is 29.3 Å². The van der Waals surface area contributed by atoms with Gasteiger partial charge in [0.05, 0.1) is 6.10 Å². The predicted molar refractivity (Wildman–Crippen MR) is 100.0 cm³/mol. The van der Waals surface area contributed by atoms with E-state index in [9.17, 15) is 4.79 Å². The van der Waals surface area contributed by atoms with Crippen LogP contribution in [0.3, 0.4) is 0 Å². The van der Waals surface area contributed by atoms with Gasteiger partial charge in [-0.05, 0) is 43.9 Å². The molecule has 0 aromatic carbocycles. The molecule has 2 aromatic rings. The van der Waals surface area contributed by atoms with Gasteiger partial charge in [-0.15, -0.1) is 12.4 Å². The van der Waals surface area contributed by atoms with Crippen LogP contribution in [-0.4, -0.2) is 40.1 Å². The van der Waals surface area contributed by atoms with Crippen molar-refractivity contribution in [2.75, 3.05) is 19.7 Å². The fourth-order valence-electron chi connectivity index (χ4n) is 3.91. The van der Waals surface area contributed by atoms with E-state index in [1.165, 1.54) is 12.8 Å². The molecular weight excluding hydrogens is 338 g/mol. The number of hydrogen-bond donors (Lipinski definition) is 0. The third kappa shape index (κ3) is 3.82. The third-order valence-electron chi connectivity index (χ3n) is 5.20. The first-order valence-corrected chi connectivity index (χ1v) is 9.16. The van der Waals surface area contributed by atoms with Gasteiger partial charge in [0.25, 0.3) is 0 Å². The van der Waals surface area contributed by atoms with E-state index in [2.05, 4.69) is 21.7 Å². The molecule has 0 N–H and O–H groups in total. The van der Waals surface area contributed by atoms with Gasteiger partial charge in [-0.25, -0.2) is 4.98 Å². The number of nitrogens with zero attached hydrogens (tertiary/aromatic N) is 3. The van der Waals surface area contributed by atoms with Crippen LogP contribution in [-0.2, 0) is 16.1 Å². The molecule has 0 unspecified atom stereocenters. The normalized spacial score (nSPS) is 21.1. The van der Waals surface area contributed by atoms with Crippen molar-refractivity contribution in [3.05, 3.63) is 30.1 Å². The molecule has 1 atom stereocenters. The van der Waals surface area contributed by atoms with Gasteiger partial charge in [-0.3, -0.25) is 4.79 Å². The van der Waals surface area contributed by atoms with Gasteiger partial charge in [-0.1, -0.05) is 12.8 Å². The van der Waals surface area contributed by atoms with Crippen molar-refractivity contribution in [1.82, 2.24) is 14.5 Å². The Bertz CT molecular complexity index is 717. The van der Waals surface area contributed by atoms with Crippen molar-refractivity contribution in [3.8, 4) is 0 Å². The number of rotatable bonds is 3. The molecule has 2 saturated heterocycles. The minimum atomic E-state index is 0. The molecule has 136 valence electrons. The minimum absolute atomic E-state index is 0. The molecule has 0 saturated carbocycles. The first-order chi connectivity index (χ1) is 11.8. The van der Waals surface area contributed by atoms with E-state index in [-0.39, 0.29) is 24.4 Å². The average Bonchev–Trinajstić information content (AvgIpc) is 3.16. The number of halogens is 1. The molecule has 5 nitrogen and oxygen atoms in total. The van der Waals surface area contributed by atoms with Gasteiger partial charge in [0.2, 0.25) is 5.91 Å². The summed E-state index contributed by atoms with van der Waals surface area (Å²) >= 11 is 0. The SMILES string of the molecule is Cl.O=C(Cn1c([C@H]2CCCO2)cc2cccnc21)N1CCCCCC1. The molecule has 2 aliphatic heterocycles. The maximum atomic E-state index is 12.9. The zero-order valence-corrected chi connectivity index (χ0v) is 15.3. The summed E-state index contributed by atoms with van der Waals surface area (Å²) in [6.07, 6.45) is 8.71. The second-order valence-electron chi connectivity index (χ2n) is 6.87. The van der Waals surface area contributed by atoms with Crippen LogP contribution in [0.1, 0.15) is 50.3 Å². The van der Waals surface area contributed by atoms with Crippen molar-refractivity contribution < 1.29 is 9.53 Å². The van der Waals surface area contributed by atoms with Gasteiger partial charge >= 0.3 is 0 Å². The molecule has 0 radical (unpaired) electrons. The first kappa shape index (κ1) is 18.2. The van der Waals surface area contributed by atoms with Crippen molar-refractivity contribution in [3.63, 3.8) is 0 Å². The zero-order chi connectivity index (χ0) is 16.4. The van der Waals surface area contributed by atoms with Crippen LogP contribution in [0, 0.1) is 0 Å². The summed E-state index contributed by atoms with van der Waals surface area (Å²) < 4.78 is 7.96. The second-order valence-corrected chi connectivity index (χ2v) is 6.87. The molecular formula is C19H26ClN3O2. The lowest BCUT2D eigenvalue weighted by Gasteiger charge is -2.22. The zero-order valence-electron chi connectivity index (χ0n) is 14.5. The van der Waals surface area contributed by atoms with Crippen LogP contribution in [0.5, 0.6) is 0 Å². The molecule has 2 fully saturated rings. The van der Waals surface area contributed by atoms with Crippen molar-refractivity contribution in [2.45, 2.75) is 51.2 Å². The van der Waals surface area contributed by atoms with Crippen LogP contribution in [0.4, 0.5) is 0 Å². The number of carbonyl (C=O) groups excluding carboxylic acids is 1. The number of aromatic nitrogens is 2. The molecule has 25 heavy (non-hydrogen) atoms. The Morgan fingerprint density at radius 1 is 1.20 bits per heavy atom. The van der Waals surface area contributed by atoms with Gasteiger partial charge < -0.3 is 14.2 Å². The lowest BCUT2D eigenvalue weighted by atomic mass is 10.2. The van der Waals surface area contributed by atoms with Crippen LogP contribution in [0.15, 0.2) is 24.4 Å².